The molecule has 0 saturated heterocycles. The van der Waals surface area contributed by atoms with Gasteiger partial charge in [-0.3, -0.25) is 14.8 Å². The molecule has 2 N–H and O–H groups in total. The number of nitrogens with zero attached hydrogens (tertiary/aromatic N) is 3. The van der Waals surface area contributed by atoms with Crippen LogP contribution in [0.5, 0.6) is 0 Å². The predicted molar refractivity (Wildman–Crippen MR) is 66.1 cm³/mol. The second kappa shape index (κ2) is 4.22. The first-order chi connectivity index (χ1) is 8.54. The van der Waals surface area contributed by atoms with E-state index in [0.29, 0.717) is 11.3 Å². The Hall–Kier alpha value is -2.81. The maximum absolute atomic E-state index is 10.6. The maximum Gasteiger partial charge on any atom is 0.269 e. The average molecular weight is 242 g/mol. The van der Waals surface area contributed by atoms with Crippen LogP contribution in [-0.2, 0) is 0 Å². The van der Waals surface area contributed by atoms with E-state index in [2.05, 4.69) is 0 Å². The molecule has 0 aliphatic rings. The van der Waals surface area contributed by atoms with Gasteiger partial charge in [-0.15, -0.1) is 0 Å². The van der Waals surface area contributed by atoms with Gasteiger partial charge in [0.2, 0.25) is 0 Å². The second-order valence-corrected chi connectivity index (χ2v) is 3.86. The van der Waals surface area contributed by atoms with Gasteiger partial charge >= 0.3 is 0 Å². The molecule has 18 heavy (non-hydrogen) atoms. The lowest BCUT2D eigenvalue weighted by Gasteiger charge is -2.01. The Kier molecular flexibility index (Phi) is 2.73. The minimum Gasteiger partial charge on any atom is -0.338 e. The number of rotatable bonds is 2. The molecule has 0 unspecified atom stereocenters. The minimum absolute atomic E-state index is 0.0158. The molecule has 2 aromatic rings. The van der Waals surface area contributed by atoms with Gasteiger partial charge in [-0.1, -0.05) is 0 Å². The lowest BCUT2D eigenvalue weighted by molar-refractivity contribution is -0.384. The summed E-state index contributed by atoms with van der Waals surface area (Å²) in [4.78, 5) is 10.1. The van der Waals surface area contributed by atoms with Gasteiger partial charge in [0, 0.05) is 23.9 Å². The van der Waals surface area contributed by atoms with E-state index in [-0.39, 0.29) is 5.69 Å². The first kappa shape index (κ1) is 11.7. The molecular formula is C12H10N4O2. The van der Waals surface area contributed by atoms with Crippen molar-refractivity contribution in [3.63, 3.8) is 0 Å². The van der Waals surface area contributed by atoms with Gasteiger partial charge in [0.25, 0.3) is 5.69 Å². The number of aromatic nitrogens is 1. The second-order valence-electron chi connectivity index (χ2n) is 3.86. The average Bonchev–Trinajstić information content (AvgIpc) is 2.63. The van der Waals surface area contributed by atoms with E-state index in [1.54, 1.807) is 18.3 Å². The Balaban J connectivity index is 2.56. The van der Waals surface area contributed by atoms with Crippen LogP contribution in [0.1, 0.15) is 11.3 Å². The third kappa shape index (κ3) is 1.78. The molecule has 0 saturated carbocycles. The van der Waals surface area contributed by atoms with E-state index in [4.69, 9.17) is 11.1 Å². The summed E-state index contributed by atoms with van der Waals surface area (Å²) < 4.78 is 1.26. The fourth-order valence-corrected chi connectivity index (χ4v) is 1.88. The summed E-state index contributed by atoms with van der Waals surface area (Å²) in [6.45, 7) is 1.83. The van der Waals surface area contributed by atoms with Crippen molar-refractivity contribution in [2.45, 2.75) is 6.92 Å². The van der Waals surface area contributed by atoms with E-state index in [9.17, 15) is 10.1 Å². The van der Waals surface area contributed by atoms with Crippen LogP contribution >= 0.6 is 0 Å². The molecule has 6 nitrogen and oxygen atoms in total. The van der Waals surface area contributed by atoms with Crippen LogP contribution in [0, 0.1) is 28.4 Å². The Bertz CT molecular complexity index is 650. The van der Waals surface area contributed by atoms with Crippen molar-refractivity contribution in [2.24, 2.45) is 0 Å². The van der Waals surface area contributed by atoms with E-state index in [0.717, 1.165) is 11.1 Å². The number of nitrogen functional groups attached to an aromatic ring is 1. The quantitative estimate of drug-likeness (QED) is 0.494. The molecule has 0 atom stereocenters. The van der Waals surface area contributed by atoms with E-state index in [1.165, 1.54) is 16.8 Å². The Labute approximate surface area is 103 Å². The van der Waals surface area contributed by atoms with Gasteiger partial charge in [0.05, 0.1) is 4.92 Å². The third-order valence-electron chi connectivity index (χ3n) is 2.69. The predicted octanol–water partition coefficient (Wildman–Crippen LogP) is 1.96. The number of nitrogens with two attached hydrogens (primary N) is 1. The monoisotopic (exact) mass is 242 g/mol. The van der Waals surface area contributed by atoms with Crippen molar-refractivity contribution in [3.8, 4) is 17.2 Å². The highest BCUT2D eigenvalue weighted by molar-refractivity contribution is 5.73. The highest BCUT2D eigenvalue weighted by atomic mass is 16.6. The van der Waals surface area contributed by atoms with Gasteiger partial charge in [-0.05, 0) is 30.2 Å². The van der Waals surface area contributed by atoms with E-state index < -0.39 is 4.92 Å². The molecule has 0 aliphatic carbocycles. The van der Waals surface area contributed by atoms with Crippen LogP contribution in [0.15, 0.2) is 30.5 Å². The smallest absolute Gasteiger partial charge is 0.269 e. The van der Waals surface area contributed by atoms with Crippen molar-refractivity contribution in [3.05, 3.63) is 51.8 Å². The van der Waals surface area contributed by atoms with E-state index in [1.807, 2.05) is 13.0 Å². The normalized spacial score (nSPS) is 10.0. The highest BCUT2D eigenvalue weighted by Gasteiger charge is 2.14. The topological polar surface area (TPSA) is 97.9 Å². The molecule has 1 aromatic carbocycles. The van der Waals surface area contributed by atoms with Crippen LogP contribution in [0.25, 0.3) is 11.1 Å². The largest absolute Gasteiger partial charge is 0.338 e. The molecule has 0 radical (unpaired) electrons. The molecule has 0 amide bonds. The number of nitro benzene ring substituents is 1. The summed E-state index contributed by atoms with van der Waals surface area (Å²) in [5.74, 6) is 5.65. The van der Waals surface area contributed by atoms with Crippen LogP contribution in [0.3, 0.4) is 0 Å². The Morgan fingerprint density at radius 2 is 2.00 bits per heavy atom. The van der Waals surface area contributed by atoms with Crippen molar-refractivity contribution < 1.29 is 4.92 Å². The summed E-state index contributed by atoms with van der Waals surface area (Å²) in [6.07, 6.45) is 1.65. The molecule has 0 fully saturated rings. The van der Waals surface area contributed by atoms with Crippen molar-refractivity contribution in [2.75, 3.05) is 5.84 Å². The van der Waals surface area contributed by atoms with Crippen LogP contribution in [0.4, 0.5) is 5.69 Å². The standard InChI is InChI=1S/C12H10N4O2/c1-8-7-15(14)11(6-13)12(8)9-2-4-10(5-3-9)16(17)18/h2-5,7H,14H2,1H3. The summed E-state index contributed by atoms with van der Waals surface area (Å²) in [5, 5.41) is 19.6. The number of benzene rings is 1. The third-order valence-corrected chi connectivity index (χ3v) is 2.69. The van der Waals surface area contributed by atoms with Crippen molar-refractivity contribution in [1.29, 1.82) is 5.26 Å². The van der Waals surface area contributed by atoms with Crippen molar-refractivity contribution in [1.82, 2.24) is 4.68 Å². The number of hydrogen-bond donors (Lipinski definition) is 1. The molecule has 90 valence electrons. The minimum atomic E-state index is -0.462. The Morgan fingerprint density at radius 3 is 2.50 bits per heavy atom. The number of nitriles is 1. The molecule has 0 aliphatic heterocycles. The number of nitro groups is 1. The summed E-state index contributed by atoms with van der Waals surface area (Å²) in [6, 6.07) is 8.06. The van der Waals surface area contributed by atoms with Crippen molar-refractivity contribution >= 4 is 5.69 Å². The first-order valence-electron chi connectivity index (χ1n) is 5.16. The molecule has 6 heteroatoms. The fourth-order valence-electron chi connectivity index (χ4n) is 1.88. The van der Waals surface area contributed by atoms with E-state index >= 15 is 0 Å². The van der Waals surface area contributed by atoms with Crippen LogP contribution in [0.2, 0.25) is 0 Å². The zero-order valence-electron chi connectivity index (χ0n) is 9.62. The van der Waals surface area contributed by atoms with Gasteiger partial charge in [0.15, 0.2) is 0 Å². The SMILES string of the molecule is Cc1cn(N)c(C#N)c1-c1ccc([N+](=O)[O-])cc1. The first-order valence-corrected chi connectivity index (χ1v) is 5.16. The van der Waals surface area contributed by atoms with Gasteiger partial charge < -0.3 is 5.84 Å². The van der Waals surface area contributed by atoms with Crippen LogP contribution < -0.4 is 5.84 Å². The lowest BCUT2D eigenvalue weighted by Crippen LogP contribution is -2.08. The van der Waals surface area contributed by atoms with Gasteiger partial charge in [-0.2, -0.15) is 5.26 Å². The zero-order valence-corrected chi connectivity index (χ0v) is 9.62. The van der Waals surface area contributed by atoms with Gasteiger partial charge in [0.1, 0.15) is 11.8 Å². The molecule has 0 bridgehead atoms. The Morgan fingerprint density at radius 1 is 1.39 bits per heavy atom. The molecule has 0 spiro atoms. The van der Waals surface area contributed by atoms with Gasteiger partial charge in [-0.25, -0.2) is 0 Å². The maximum atomic E-state index is 10.6. The molecular weight excluding hydrogens is 232 g/mol. The summed E-state index contributed by atoms with van der Waals surface area (Å²) in [5.41, 5.74) is 2.64. The lowest BCUT2D eigenvalue weighted by atomic mass is 10.0. The molecule has 1 heterocycles. The molecule has 2 rings (SSSR count). The highest BCUT2D eigenvalue weighted by Crippen LogP contribution is 2.29. The fraction of sp³-hybridized carbons (Fsp3) is 0.0833. The summed E-state index contributed by atoms with van der Waals surface area (Å²) >= 11 is 0. The number of aryl methyl sites for hydroxylation is 1. The summed E-state index contributed by atoms with van der Waals surface area (Å²) in [7, 11) is 0. The zero-order chi connectivity index (χ0) is 13.3. The van der Waals surface area contributed by atoms with Crippen LogP contribution in [-0.4, -0.2) is 9.60 Å². The number of hydrogen-bond acceptors (Lipinski definition) is 4. The molecule has 1 aromatic heterocycles. The number of non-ortho nitro benzene ring substituents is 1.